The van der Waals surface area contributed by atoms with E-state index in [1.54, 1.807) is 6.20 Å². The van der Waals surface area contributed by atoms with Gasteiger partial charge in [0.1, 0.15) is 17.0 Å². The second kappa shape index (κ2) is 8.55. The summed E-state index contributed by atoms with van der Waals surface area (Å²) in [6.45, 7) is 1.45. The van der Waals surface area contributed by atoms with E-state index in [1.807, 2.05) is 4.57 Å². The van der Waals surface area contributed by atoms with Gasteiger partial charge in [0.25, 0.3) is 0 Å². The zero-order valence-corrected chi connectivity index (χ0v) is 17.3. The zero-order chi connectivity index (χ0) is 22.2. The molecule has 5 rings (SSSR count). The Bertz CT molecular complexity index is 1100. The number of aliphatic hydroxyl groups excluding tert-OH is 1. The maximum absolute atomic E-state index is 14.3. The summed E-state index contributed by atoms with van der Waals surface area (Å²) < 4.78 is 43.7. The summed E-state index contributed by atoms with van der Waals surface area (Å²) in [6, 6.07) is 1.39. The van der Waals surface area contributed by atoms with Crippen molar-refractivity contribution < 1.29 is 18.3 Å². The van der Waals surface area contributed by atoms with Gasteiger partial charge in [-0.05, 0) is 38.6 Å². The highest BCUT2D eigenvalue weighted by Gasteiger charge is 2.26. The molecule has 3 aromatic rings. The van der Waals surface area contributed by atoms with Crippen molar-refractivity contribution >= 4 is 28.7 Å². The number of rotatable bonds is 5. The van der Waals surface area contributed by atoms with Crippen LogP contribution in [0.15, 0.2) is 18.3 Å². The molecule has 11 heteroatoms. The predicted octanol–water partition coefficient (Wildman–Crippen LogP) is 3.24. The predicted molar refractivity (Wildman–Crippen MR) is 113 cm³/mol. The fourth-order valence-electron chi connectivity index (χ4n) is 4.43. The van der Waals surface area contributed by atoms with Gasteiger partial charge in [-0.25, -0.2) is 23.1 Å². The molecule has 2 aliphatic rings. The summed E-state index contributed by atoms with van der Waals surface area (Å²) in [5.74, 6) is -2.42. The van der Waals surface area contributed by atoms with E-state index in [0.29, 0.717) is 35.8 Å². The fraction of sp³-hybridized carbons (Fsp3) is 0.476. The molecule has 0 amide bonds. The van der Waals surface area contributed by atoms with Crippen LogP contribution in [0.1, 0.15) is 38.1 Å². The Labute approximate surface area is 182 Å². The molecule has 2 aromatic heterocycles. The summed E-state index contributed by atoms with van der Waals surface area (Å²) in [5, 5.41) is 19.0. The lowest BCUT2D eigenvalue weighted by atomic mass is 9.93. The molecule has 2 fully saturated rings. The molecule has 1 aliphatic heterocycles. The van der Waals surface area contributed by atoms with Crippen LogP contribution in [0.5, 0.6) is 0 Å². The van der Waals surface area contributed by atoms with E-state index in [2.05, 4.69) is 30.9 Å². The van der Waals surface area contributed by atoms with Crippen LogP contribution in [0.3, 0.4) is 0 Å². The highest BCUT2D eigenvalue weighted by atomic mass is 19.1. The first kappa shape index (κ1) is 21.0. The molecule has 32 heavy (non-hydrogen) atoms. The van der Waals surface area contributed by atoms with E-state index in [-0.39, 0.29) is 24.1 Å². The van der Waals surface area contributed by atoms with E-state index in [4.69, 9.17) is 0 Å². The largest absolute Gasteiger partial charge is 0.393 e. The molecule has 1 atom stereocenters. The number of benzene rings is 1. The number of aromatic nitrogens is 4. The maximum Gasteiger partial charge on any atom is 0.224 e. The topological polar surface area (TPSA) is 99.9 Å². The van der Waals surface area contributed by atoms with E-state index in [1.165, 1.54) is 0 Å². The summed E-state index contributed by atoms with van der Waals surface area (Å²) in [5.41, 5.74) is 0.547. The van der Waals surface area contributed by atoms with Gasteiger partial charge in [-0.1, -0.05) is 0 Å². The molecule has 4 N–H and O–H groups in total. The fourth-order valence-corrected chi connectivity index (χ4v) is 4.43. The van der Waals surface area contributed by atoms with Gasteiger partial charge in [-0.15, -0.1) is 0 Å². The van der Waals surface area contributed by atoms with Crippen LogP contribution in [0, 0.1) is 17.5 Å². The highest BCUT2D eigenvalue weighted by molar-refractivity contribution is 5.76. The Morgan fingerprint density at radius 1 is 1.03 bits per heavy atom. The lowest BCUT2D eigenvalue weighted by Crippen LogP contribution is -2.29. The number of anilines is 3. The minimum Gasteiger partial charge on any atom is -0.393 e. The van der Waals surface area contributed by atoms with Crippen molar-refractivity contribution in [3.05, 3.63) is 35.8 Å². The first-order valence-corrected chi connectivity index (χ1v) is 10.8. The Kier molecular flexibility index (Phi) is 5.60. The van der Waals surface area contributed by atoms with Crippen molar-refractivity contribution in [1.82, 2.24) is 24.8 Å². The van der Waals surface area contributed by atoms with Gasteiger partial charge in [0, 0.05) is 24.7 Å². The van der Waals surface area contributed by atoms with Crippen molar-refractivity contribution in [3.63, 3.8) is 0 Å². The van der Waals surface area contributed by atoms with Crippen LogP contribution >= 0.6 is 0 Å². The quantitative estimate of drug-likeness (QED) is 0.477. The number of fused-ring (bicyclic) bond motifs is 1. The molecule has 3 heterocycles. The highest BCUT2D eigenvalue weighted by Crippen LogP contribution is 2.31. The van der Waals surface area contributed by atoms with Crippen molar-refractivity contribution in [2.75, 3.05) is 23.7 Å². The zero-order valence-electron chi connectivity index (χ0n) is 17.3. The molecule has 0 bridgehead atoms. The van der Waals surface area contributed by atoms with E-state index < -0.39 is 23.1 Å². The Hall–Kier alpha value is -2.92. The first-order chi connectivity index (χ1) is 15.5. The van der Waals surface area contributed by atoms with Crippen LogP contribution in [-0.2, 0) is 0 Å². The van der Waals surface area contributed by atoms with Crippen molar-refractivity contribution in [2.45, 2.75) is 50.3 Å². The standard InChI is InChI=1S/C21H24F3N7O/c22-11-7-15(23)18(16(24)8-11)29-21-28-17-10-26-20(27-12-1-3-14(32)4-2-12)30-19(17)31(21)13-5-6-25-9-13/h7-8,10,12-14,25,32H,1-6,9H2,(H,28,29)(H,26,27,30)/t12-,13-,14-/m0/s1. The van der Waals surface area contributed by atoms with Crippen LogP contribution < -0.4 is 16.0 Å². The van der Waals surface area contributed by atoms with Crippen LogP contribution in [0.2, 0.25) is 0 Å². The van der Waals surface area contributed by atoms with Crippen molar-refractivity contribution in [2.24, 2.45) is 0 Å². The number of aliphatic hydroxyl groups is 1. The molecular weight excluding hydrogens is 423 g/mol. The molecule has 1 saturated heterocycles. The number of imidazole rings is 1. The third kappa shape index (κ3) is 4.09. The second-order valence-corrected chi connectivity index (χ2v) is 8.37. The molecule has 1 aliphatic carbocycles. The summed E-state index contributed by atoms with van der Waals surface area (Å²) in [6.07, 6.45) is 5.22. The van der Waals surface area contributed by atoms with Crippen LogP contribution in [0.25, 0.3) is 11.2 Å². The summed E-state index contributed by atoms with van der Waals surface area (Å²) in [4.78, 5) is 13.5. The lowest BCUT2D eigenvalue weighted by Gasteiger charge is -2.26. The van der Waals surface area contributed by atoms with Crippen molar-refractivity contribution in [1.29, 1.82) is 0 Å². The number of nitrogens with one attached hydrogen (secondary N) is 3. The minimum atomic E-state index is -1.04. The lowest BCUT2D eigenvalue weighted by molar-refractivity contribution is 0.126. The molecule has 0 radical (unpaired) electrons. The smallest absolute Gasteiger partial charge is 0.224 e. The average Bonchev–Trinajstić information content (AvgIpc) is 3.39. The number of hydrogen-bond acceptors (Lipinski definition) is 7. The molecule has 8 nitrogen and oxygen atoms in total. The normalized spacial score (nSPS) is 23.6. The number of nitrogens with zero attached hydrogens (tertiary/aromatic N) is 4. The third-order valence-corrected chi connectivity index (χ3v) is 6.11. The number of halogens is 3. The van der Waals surface area contributed by atoms with Gasteiger partial charge in [-0.3, -0.25) is 4.57 Å². The van der Waals surface area contributed by atoms with E-state index >= 15 is 0 Å². The van der Waals surface area contributed by atoms with Crippen LogP contribution in [-0.4, -0.2) is 49.9 Å². The van der Waals surface area contributed by atoms with Gasteiger partial charge in [0.15, 0.2) is 17.3 Å². The maximum atomic E-state index is 14.3. The van der Waals surface area contributed by atoms with Crippen LogP contribution in [0.4, 0.5) is 30.8 Å². The van der Waals surface area contributed by atoms with Gasteiger partial charge >= 0.3 is 0 Å². The molecule has 0 unspecified atom stereocenters. The molecule has 0 spiro atoms. The number of hydrogen-bond donors (Lipinski definition) is 4. The van der Waals surface area contributed by atoms with E-state index in [0.717, 1.165) is 38.6 Å². The Morgan fingerprint density at radius 3 is 2.47 bits per heavy atom. The van der Waals surface area contributed by atoms with Gasteiger partial charge < -0.3 is 21.1 Å². The minimum absolute atomic E-state index is 0.0263. The molecule has 1 saturated carbocycles. The van der Waals surface area contributed by atoms with Gasteiger partial charge in [0.05, 0.1) is 18.3 Å². The van der Waals surface area contributed by atoms with E-state index in [9.17, 15) is 18.3 Å². The Morgan fingerprint density at radius 2 is 1.78 bits per heavy atom. The van der Waals surface area contributed by atoms with Gasteiger partial charge in [0.2, 0.25) is 11.9 Å². The third-order valence-electron chi connectivity index (χ3n) is 6.11. The van der Waals surface area contributed by atoms with Gasteiger partial charge in [-0.2, -0.15) is 4.98 Å². The average molecular weight is 447 g/mol. The molecular formula is C21H24F3N7O. The monoisotopic (exact) mass is 447 g/mol. The summed E-state index contributed by atoms with van der Waals surface area (Å²) in [7, 11) is 0. The Balaban J connectivity index is 1.51. The SMILES string of the molecule is O[C@H]1CC[C@H](Nc2ncc3nc(Nc4c(F)cc(F)cc4F)n([C@H]4CCNC4)c3n2)CC1. The summed E-state index contributed by atoms with van der Waals surface area (Å²) >= 11 is 0. The molecule has 170 valence electrons. The first-order valence-electron chi connectivity index (χ1n) is 10.8. The second-order valence-electron chi connectivity index (χ2n) is 8.37. The molecule has 1 aromatic carbocycles. The van der Waals surface area contributed by atoms with Crippen molar-refractivity contribution in [3.8, 4) is 0 Å².